The van der Waals surface area contributed by atoms with E-state index in [0.29, 0.717) is 43.9 Å². The molecule has 6 rings (SSSR count). The molecule has 184 valence electrons. The van der Waals surface area contributed by atoms with Crippen LogP contribution in [0.2, 0.25) is 0 Å². The molecule has 8 heteroatoms. The molecule has 0 bridgehead atoms. The standard InChI is InChI=1S/C28H26FN3O4/c29-23-13-20-24(32(18-6-7-18)16-22(27(20)34)28(35)36)14-25(23)31-11-9-30(10-12-31)15-21-19-4-2-1-3-17(19)5-8-26(21)33/h1-5,8,13-14,16,18,33H,6-7,9-12,15H2,(H,35,36). The van der Waals surface area contributed by atoms with Gasteiger partial charge in [-0.25, -0.2) is 9.18 Å². The predicted molar refractivity (Wildman–Crippen MR) is 136 cm³/mol. The van der Waals surface area contributed by atoms with Crippen LogP contribution in [0, 0.1) is 5.82 Å². The summed E-state index contributed by atoms with van der Waals surface area (Å²) in [6.45, 7) is 3.16. The number of nitrogens with zero attached hydrogens (tertiary/aromatic N) is 3. The summed E-state index contributed by atoms with van der Waals surface area (Å²) in [5.74, 6) is -1.55. The van der Waals surface area contributed by atoms with E-state index in [2.05, 4.69) is 4.90 Å². The third-order valence-corrected chi connectivity index (χ3v) is 7.38. The highest BCUT2D eigenvalue weighted by Crippen LogP contribution is 2.38. The van der Waals surface area contributed by atoms with Crippen LogP contribution in [0.5, 0.6) is 5.75 Å². The lowest BCUT2D eigenvalue weighted by molar-refractivity contribution is 0.0695. The first-order chi connectivity index (χ1) is 17.4. The Labute approximate surface area is 206 Å². The maximum absolute atomic E-state index is 15.3. The zero-order valence-corrected chi connectivity index (χ0v) is 19.7. The Morgan fingerprint density at radius 2 is 1.75 bits per heavy atom. The van der Waals surface area contributed by atoms with Crippen molar-refractivity contribution in [1.82, 2.24) is 9.47 Å². The Morgan fingerprint density at radius 1 is 1.00 bits per heavy atom. The Kier molecular flexibility index (Phi) is 5.41. The molecule has 7 nitrogen and oxygen atoms in total. The van der Waals surface area contributed by atoms with Crippen molar-refractivity contribution in [3.8, 4) is 5.75 Å². The van der Waals surface area contributed by atoms with Gasteiger partial charge >= 0.3 is 5.97 Å². The van der Waals surface area contributed by atoms with E-state index in [0.717, 1.165) is 29.2 Å². The van der Waals surface area contributed by atoms with Crippen molar-refractivity contribution in [2.24, 2.45) is 0 Å². The molecule has 2 fully saturated rings. The molecule has 1 aliphatic carbocycles. The lowest BCUT2D eigenvalue weighted by Crippen LogP contribution is -2.46. The van der Waals surface area contributed by atoms with Crippen LogP contribution >= 0.6 is 0 Å². The van der Waals surface area contributed by atoms with Gasteiger partial charge in [0.05, 0.1) is 11.2 Å². The highest BCUT2D eigenvalue weighted by molar-refractivity contribution is 5.93. The number of carboxylic acids is 1. The monoisotopic (exact) mass is 487 g/mol. The molecule has 0 unspecified atom stereocenters. The molecule has 0 radical (unpaired) electrons. The second kappa shape index (κ2) is 8.64. The minimum Gasteiger partial charge on any atom is -0.508 e. The van der Waals surface area contributed by atoms with Gasteiger partial charge in [-0.15, -0.1) is 0 Å². The van der Waals surface area contributed by atoms with Crippen molar-refractivity contribution in [3.63, 3.8) is 0 Å². The molecule has 1 aliphatic heterocycles. The van der Waals surface area contributed by atoms with Crippen LogP contribution in [0.4, 0.5) is 10.1 Å². The number of fused-ring (bicyclic) bond motifs is 2. The van der Waals surface area contributed by atoms with Gasteiger partial charge in [-0.05, 0) is 41.8 Å². The first-order valence-electron chi connectivity index (χ1n) is 12.2. The zero-order chi connectivity index (χ0) is 25.0. The van der Waals surface area contributed by atoms with Gasteiger partial charge in [-0.3, -0.25) is 9.69 Å². The van der Waals surface area contributed by atoms with Crippen molar-refractivity contribution in [3.05, 3.63) is 81.9 Å². The summed E-state index contributed by atoms with van der Waals surface area (Å²) in [6, 6.07) is 14.6. The average Bonchev–Trinajstić information content (AvgIpc) is 3.72. The number of phenols is 1. The van der Waals surface area contributed by atoms with Gasteiger partial charge < -0.3 is 19.7 Å². The molecule has 36 heavy (non-hydrogen) atoms. The minimum atomic E-state index is -1.30. The highest BCUT2D eigenvalue weighted by Gasteiger charge is 2.28. The topological polar surface area (TPSA) is 86.0 Å². The maximum Gasteiger partial charge on any atom is 0.341 e. The third-order valence-electron chi connectivity index (χ3n) is 7.38. The first kappa shape index (κ1) is 22.5. The van der Waals surface area contributed by atoms with E-state index < -0.39 is 17.2 Å². The number of piperazine rings is 1. The van der Waals surface area contributed by atoms with Crippen molar-refractivity contribution < 1.29 is 19.4 Å². The highest BCUT2D eigenvalue weighted by atomic mass is 19.1. The van der Waals surface area contributed by atoms with Crippen LogP contribution in [0.25, 0.3) is 21.7 Å². The fourth-order valence-corrected chi connectivity index (χ4v) is 5.27. The second-order valence-electron chi connectivity index (χ2n) is 9.68. The SMILES string of the molecule is O=C(O)c1cn(C2CC2)c2cc(N3CCN(Cc4c(O)ccc5ccccc45)CC3)c(F)cc2c1=O. The van der Waals surface area contributed by atoms with Crippen LogP contribution in [0.1, 0.15) is 34.8 Å². The van der Waals surface area contributed by atoms with Crippen molar-refractivity contribution in [2.75, 3.05) is 31.1 Å². The fourth-order valence-electron chi connectivity index (χ4n) is 5.27. The summed E-state index contributed by atoms with van der Waals surface area (Å²) in [7, 11) is 0. The fraction of sp³-hybridized carbons (Fsp3) is 0.286. The molecule has 2 heterocycles. The normalized spacial score (nSPS) is 16.6. The molecule has 0 atom stereocenters. The Morgan fingerprint density at radius 3 is 2.47 bits per heavy atom. The van der Waals surface area contributed by atoms with E-state index in [1.54, 1.807) is 12.1 Å². The van der Waals surface area contributed by atoms with Gasteiger partial charge in [-0.1, -0.05) is 30.3 Å². The van der Waals surface area contributed by atoms with Crippen LogP contribution in [0.15, 0.2) is 59.5 Å². The van der Waals surface area contributed by atoms with Gasteiger partial charge in [0.1, 0.15) is 17.1 Å². The molecular formula is C28H26FN3O4. The number of hydrogen-bond acceptors (Lipinski definition) is 5. The number of benzene rings is 3. The van der Waals surface area contributed by atoms with Gasteiger partial charge in [0.25, 0.3) is 0 Å². The molecule has 0 spiro atoms. The lowest BCUT2D eigenvalue weighted by atomic mass is 10.0. The van der Waals surface area contributed by atoms with E-state index in [1.807, 2.05) is 39.8 Å². The molecule has 2 aliphatic rings. The van der Waals surface area contributed by atoms with E-state index >= 15 is 4.39 Å². The number of rotatable bonds is 5. The molecule has 1 aromatic heterocycles. The summed E-state index contributed by atoms with van der Waals surface area (Å²) < 4.78 is 17.1. The van der Waals surface area contributed by atoms with Crippen LogP contribution in [0.3, 0.4) is 0 Å². The second-order valence-corrected chi connectivity index (χ2v) is 9.68. The van der Waals surface area contributed by atoms with E-state index in [1.165, 1.54) is 12.3 Å². The van der Waals surface area contributed by atoms with Gasteiger partial charge in [0.2, 0.25) is 5.43 Å². The molecule has 0 amide bonds. The van der Waals surface area contributed by atoms with Gasteiger partial charge in [0, 0.05) is 55.9 Å². The quantitative estimate of drug-likeness (QED) is 0.435. The zero-order valence-electron chi connectivity index (χ0n) is 19.7. The number of halogens is 1. The molecule has 2 N–H and O–H groups in total. The van der Waals surface area contributed by atoms with Crippen LogP contribution in [-0.4, -0.2) is 51.8 Å². The van der Waals surface area contributed by atoms with Crippen molar-refractivity contribution in [1.29, 1.82) is 0 Å². The number of anilines is 1. The van der Waals surface area contributed by atoms with Crippen molar-refractivity contribution in [2.45, 2.75) is 25.4 Å². The number of aromatic nitrogens is 1. The summed E-state index contributed by atoms with van der Waals surface area (Å²) in [6.07, 6.45) is 3.22. The van der Waals surface area contributed by atoms with Gasteiger partial charge in [0.15, 0.2) is 0 Å². The number of pyridine rings is 1. The smallest absolute Gasteiger partial charge is 0.341 e. The van der Waals surface area contributed by atoms with E-state index in [9.17, 15) is 19.8 Å². The summed E-state index contributed by atoms with van der Waals surface area (Å²) in [5.41, 5.74) is 0.909. The van der Waals surface area contributed by atoms with E-state index in [4.69, 9.17) is 0 Å². The van der Waals surface area contributed by atoms with Crippen molar-refractivity contribution >= 4 is 33.3 Å². The van der Waals surface area contributed by atoms with E-state index in [-0.39, 0.29) is 22.7 Å². The lowest BCUT2D eigenvalue weighted by Gasteiger charge is -2.36. The summed E-state index contributed by atoms with van der Waals surface area (Å²) in [4.78, 5) is 28.5. The minimum absolute atomic E-state index is 0.105. The number of carbonyl (C=O) groups is 1. The average molecular weight is 488 g/mol. The summed E-state index contributed by atoms with van der Waals surface area (Å²) in [5, 5.41) is 22.2. The Bertz CT molecular complexity index is 1570. The summed E-state index contributed by atoms with van der Waals surface area (Å²) >= 11 is 0. The number of aromatic carboxylic acids is 1. The Balaban J connectivity index is 1.27. The molecule has 1 saturated carbocycles. The first-order valence-corrected chi connectivity index (χ1v) is 12.2. The number of phenolic OH excluding ortho intramolecular Hbond substituents is 1. The molecule has 1 saturated heterocycles. The molecule has 3 aromatic carbocycles. The van der Waals surface area contributed by atoms with Crippen LogP contribution < -0.4 is 10.3 Å². The molecule has 4 aromatic rings. The number of carboxylic acid groups (broad SMARTS) is 1. The number of aromatic hydroxyl groups is 1. The predicted octanol–water partition coefficient (Wildman–Crippen LogP) is 4.35. The largest absolute Gasteiger partial charge is 0.508 e. The number of hydrogen-bond donors (Lipinski definition) is 2. The maximum atomic E-state index is 15.3. The molecular weight excluding hydrogens is 461 g/mol. The third kappa shape index (κ3) is 3.87. The van der Waals surface area contributed by atoms with Crippen LogP contribution in [-0.2, 0) is 6.54 Å². The van der Waals surface area contributed by atoms with Gasteiger partial charge in [-0.2, -0.15) is 0 Å². The Hall–Kier alpha value is -3.91.